The standard InChI is InChI=1S/C24H26O4/c1-15-16(2)24(14-28-22-10-6-8-20(26)12-22)18(4)17(3)23(15)13-27-21-9-5-7-19(25)11-21/h5-12,25-26H,13-14H2,1-4H3. The van der Waals surface area contributed by atoms with Crippen molar-refractivity contribution in [2.45, 2.75) is 40.9 Å². The van der Waals surface area contributed by atoms with Crippen molar-refractivity contribution in [2.75, 3.05) is 0 Å². The molecule has 0 aliphatic rings. The molecule has 0 heterocycles. The molecule has 0 spiro atoms. The summed E-state index contributed by atoms with van der Waals surface area (Å²) in [7, 11) is 0. The van der Waals surface area contributed by atoms with Crippen molar-refractivity contribution in [1.29, 1.82) is 0 Å². The van der Waals surface area contributed by atoms with Gasteiger partial charge in [0.05, 0.1) is 0 Å². The molecule has 0 amide bonds. The van der Waals surface area contributed by atoms with Gasteiger partial charge in [0.1, 0.15) is 36.2 Å². The van der Waals surface area contributed by atoms with Crippen LogP contribution in [0.3, 0.4) is 0 Å². The van der Waals surface area contributed by atoms with Gasteiger partial charge in [-0.05, 0) is 85.3 Å². The number of benzene rings is 3. The minimum Gasteiger partial charge on any atom is -0.508 e. The van der Waals surface area contributed by atoms with Crippen LogP contribution in [0, 0.1) is 27.7 Å². The van der Waals surface area contributed by atoms with Crippen LogP contribution in [0.4, 0.5) is 0 Å². The summed E-state index contributed by atoms with van der Waals surface area (Å²) in [6.45, 7) is 9.27. The maximum absolute atomic E-state index is 9.60. The van der Waals surface area contributed by atoms with E-state index in [9.17, 15) is 10.2 Å². The summed E-state index contributed by atoms with van der Waals surface area (Å²) < 4.78 is 11.8. The lowest BCUT2D eigenvalue weighted by Crippen LogP contribution is -2.10. The molecule has 4 heteroatoms. The molecule has 146 valence electrons. The van der Waals surface area contributed by atoms with Crippen LogP contribution in [-0.4, -0.2) is 10.2 Å². The number of hydrogen-bond donors (Lipinski definition) is 2. The van der Waals surface area contributed by atoms with E-state index in [2.05, 4.69) is 27.7 Å². The predicted molar refractivity (Wildman–Crippen MR) is 110 cm³/mol. The molecule has 0 aliphatic carbocycles. The first-order valence-electron chi connectivity index (χ1n) is 9.28. The van der Waals surface area contributed by atoms with E-state index in [4.69, 9.17) is 9.47 Å². The summed E-state index contributed by atoms with van der Waals surface area (Å²) in [4.78, 5) is 0. The third kappa shape index (κ3) is 4.22. The van der Waals surface area contributed by atoms with Crippen LogP contribution in [0.5, 0.6) is 23.0 Å². The molecule has 0 bridgehead atoms. The third-order valence-corrected chi connectivity index (χ3v) is 5.34. The molecular formula is C24H26O4. The van der Waals surface area contributed by atoms with E-state index >= 15 is 0 Å². The van der Waals surface area contributed by atoms with Gasteiger partial charge in [-0.1, -0.05) is 12.1 Å². The summed E-state index contributed by atoms with van der Waals surface area (Å²) in [6.07, 6.45) is 0. The monoisotopic (exact) mass is 378 g/mol. The minimum atomic E-state index is 0.192. The first kappa shape index (κ1) is 19.6. The van der Waals surface area contributed by atoms with Crippen molar-refractivity contribution in [2.24, 2.45) is 0 Å². The Labute approximate surface area is 166 Å². The van der Waals surface area contributed by atoms with Crippen molar-refractivity contribution in [1.82, 2.24) is 0 Å². The van der Waals surface area contributed by atoms with E-state index < -0.39 is 0 Å². The maximum atomic E-state index is 9.60. The summed E-state index contributed by atoms with van der Waals surface area (Å²) >= 11 is 0. The van der Waals surface area contributed by atoms with Crippen molar-refractivity contribution in [3.8, 4) is 23.0 Å². The molecular weight excluding hydrogens is 352 g/mol. The maximum Gasteiger partial charge on any atom is 0.123 e. The van der Waals surface area contributed by atoms with Gasteiger partial charge in [0, 0.05) is 12.1 Å². The number of aromatic hydroxyl groups is 2. The van der Waals surface area contributed by atoms with Crippen molar-refractivity contribution >= 4 is 0 Å². The van der Waals surface area contributed by atoms with Crippen molar-refractivity contribution in [3.63, 3.8) is 0 Å². The van der Waals surface area contributed by atoms with Crippen LogP contribution in [0.2, 0.25) is 0 Å². The van der Waals surface area contributed by atoms with E-state index in [0.29, 0.717) is 24.7 Å². The zero-order valence-corrected chi connectivity index (χ0v) is 16.7. The van der Waals surface area contributed by atoms with E-state index in [-0.39, 0.29) is 11.5 Å². The van der Waals surface area contributed by atoms with Gasteiger partial charge in [-0.2, -0.15) is 0 Å². The van der Waals surface area contributed by atoms with Crippen LogP contribution in [0.1, 0.15) is 33.4 Å². The van der Waals surface area contributed by atoms with Gasteiger partial charge in [0.15, 0.2) is 0 Å². The second-order valence-corrected chi connectivity index (χ2v) is 7.03. The van der Waals surface area contributed by atoms with Gasteiger partial charge < -0.3 is 19.7 Å². The van der Waals surface area contributed by atoms with Gasteiger partial charge in [-0.3, -0.25) is 0 Å². The molecule has 4 nitrogen and oxygen atoms in total. The molecule has 0 aromatic heterocycles. The number of ether oxygens (including phenoxy) is 2. The molecule has 0 unspecified atom stereocenters. The number of rotatable bonds is 6. The second kappa shape index (κ2) is 8.26. The Balaban J connectivity index is 1.82. The lowest BCUT2D eigenvalue weighted by atomic mass is 9.89. The quantitative estimate of drug-likeness (QED) is 0.595. The Morgan fingerprint density at radius 3 is 1.29 bits per heavy atom. The van der Waals surface area contributed by atoms with Crippen molar-refractivity contribution < 1.29 is 19.7 Å². The van der Waals surface area contributed by atoms with E-state index in [0.717, 1.165) is 11.1 Å². The molecule has 0 saturated carbocycles. The average Bonchev–Trinajstić information content (AvgIpc) is 2.66. The minimum absolute atomic E-state index is 0.192. The lowest BCUT2D eigenvalue weighted by Gasteiger charge is -2.21. The Bertz CT molecular complexity index is 882. The smallest absolute Gasteiger partial charge is 0.123 e. The van der Waals surface area contributed by atoms with Crippen LogP contribution < -0.4 is 9.47 Å². The summed E-state index contributed by atoms with van der Waals surface area (Å²) in [5.74, 6) is 1.67. The second-order valence-electron chi connectivity index (χ2n) is 7.03. The summed E-state index contributed by atoms with van der Waals surface area (Å²) in [6, 6.07) is 13.7. The fraction of sp³-hybridized carbons (Fsp3) is 0.250. The summed E-state index contributed by atoms with van der Waals surface area (Å²) in [5, 5.41) is 19.2. The first-order chi connectivity index (χ1) is 13.4. The van der Waals surface area contributed by atoms with Gasteiger partial charge in [0.25, 0.3) is 0 Å². The highest BCUT2D eigenvalue weighted by Gasteiger charge is 2.16. The van der Waals surface area contributed by atoms with Gasteiger partial charge in [0.2, 0.25) is 0 Å². The zero-order chi connectivity index (χ0) is 20.3. The SMILES string of the molecule is Cc1c(C)c(COc2cccc(O)c2)c(C)c(C)c1COc1cccc(O)c1. The number of phenolic OH excluding ortho intramolecular Hbond substituents is 2. The Kier molecular flexibility index (Phi) is 5.78. The molecule has 3 aromatic rings. The molecule has 28 heavy (non-hydrogen) atoms. The van der Waals surface area contributed by atoms with Gasteiger partial charge in [-0.25, -0.2) is 0 Å². The molecule has 3 rings (SSSR count). The normalized spacial score (nSPS) is 10.7. The average molecular weight is 378 g/mol. The van der Waals surface area contributed by atoms with Crippen LogP contribution >= 0.6 is 0 Å². The van der Waals surface area contributed by atoms with E-state index in [1.807, 2.05) is 12.1 Å². The lowest BCUT2D eigenvalue weighted by molar-refractivity contribution is 0.298. The van der Waals surface area contributed by atoms with Crippen LogP contribution in [0.15, 0.2) is 48.5 Å². The van der Waals surface area contributed by atoms with E-state index in [1.165, 1.54) is 22.3 Å². The fourth-order valence-corrected chi connectivity index (χ4v) is 3.36. The van der Waals surface area contributed by atoms with E-state index in [1.54, 1.807) is 36.4 Å². The molecule has 2 N–H and O–H groups in total. The van der Waals surface area contributed by atoms with Crippen LogP contribution in [-0.2, 0) is 13.2 Å². The molecule has 0 fully saturated rings. The Morgan fingerprint density at radius 1 is 0.607 bits per heavy atom. The topological polar surface area (TPSA) is 58.9 Å². The predicted octanol–water partition coefficient (Wildman–Crippen LogP) is 5.49. The van der Waals surface area contributed by atoms with Crippen molar-refractivity contribution in [3.05, 3.63) is 81.9 Å². The van der Waals surface area contributed by atoms with Crippen LogP contribution in [0.25, 0.3) is 0 Å². The summed E-state index contributed by atoms with van der Waals surface area (Å²) in [5.41, 5.74) is 7.02. The molecule has 0 radical (unpaired) electrons. The highest BCUT2D eigenvalue weighted by molar-refractivity contribution is 5.50. The number of hydrogen-bond acceptors (Lipinski definition) is 4. The highest BCUT2D eigenvalue weighted by atomic mass is 16.5. The third-order valence-electron chi connectivity index (χ3n) is 5.34. The molecule has 0 atom stereocenters. The fourth-order valence-electron chi connectivity index (χ4n) is 3.36. The molecule has 3 aromatic carbocycles. The number of phenols is 2. The van der Waals surface area contributed by atoms with Gasteiger partial charge >= 0.3 is 0 Å². The van der Waals surface area contributed by atoms with Gasteiger partial charge in [-0.15, -0.1) is 0 Å². The zero-order valence-electron chi connectivity index (χ0n) is 16.7. The molecule has 0 saturated heterocycles. The largest absolute Gasteiger partial charge is 0.508 e. The highest BCUT2D eigenvalue weighted by Crippen LogP contribution is 2.30. The Morgan fingerprint density at radius 2 is 0.964 bits per heavy atom. The Hall–Kier alpha value is -3.14. The first-order valence-corrected chi connectivity index (χ1v) is 9.28. The molecule has 0 aliphatic heterocycles.